The van der Waals surface area contributed by atoms with Crippen LogP contribution in [0.2, 0.25) is 0 Å². The van der Waals surface area contributed by atoms with Crippen LogP contribution in [0.25, 0.3) is 10.2 Å². The average molecular weight is 427 g/mol. The van der Waals surface area contributed by atoms with E-state index in [1.54, 1.807) is 11.3 Å². The molecule has 0 saturated carbocycles. The summed E-state index contributed by atoms with van der Waals surface area (Å²) >= 11 is 1.57. The smallest absolute Gasteiger partial charge is 0.259 e. The second-order valence-electron chi connectivity index (χ2n) is 8.13. The fraction of sp³-hybridized carbons (Fsp3) is 0.435. The molecule has 1 amide bonds. The molecule has 0 aliphatic heterocycles. The summed E-state index contributed by atoms with van der Waals surface area (Å²) in [7, 11) is 1.84. The number of fused-ring (bicyclic) bond motifs is 1. The highest BCUT2D eigenvalue weighted by molar-refractivity contribution is 7.18. The van der Waals surface area contributed by atoms with Crippen molar-refractivity contribution < 1.29 is 4.79 Å². The lowest BCUT2D eigenvalue weighted by Crippen LogP contribution is -2.31. The summed E-state index contributed by atoms with van der Waals surface area (Å²) in [5.41, 5.74) is 2.95. The number of anilines is 1. The quantitative estimate of drug-likeness (QED) is 0.564. The van der Waals surface area contributed by atoms with Gasteiger partial charge in [-0.15, -0.1) is 11.3 Å². The van der Waals surface area contributed by atoms with Crippen molar-refractivity contribution in [2.45, 2.75) is 47.1 Å². The molecular weight excluding hydrogens is 396 g/mol. The second-order valence-corrected chi connectivity index (χ2v) is 9.34. The summed E-state index contributed by atoms with van der Waals surface area (Å²) in [5, 5.41) is 3.61. The zero-order valence-electron chi connectivity index (χ0n) is 18.3. The number of aromatic nitrogens is 2. The molecular formula is C23H30N4O2S. The molecule has 1 atom stereocenters. The molecule has 3 rings (SSSR count). The van der Waals surface area contributed by atoms with Gasteiger partial charge in [-0.3, -0.25) is 14.5 Å². The predicted octanol–water partition coefficient (Wildman–Crippen LogP) is 4.26. The number of H-pyrrole nitrogens is 1. The van der Waals surface area contributed by atoms with E-state index in [4.69, 9.17) is 0 Å². The van der Waals surface area contributed by atoms with Gasteiger partial charge < -0.3 is 10.3 Å². The fourth-order valence-corrected chi connectivity index (χ4v) is 4.50. The van der Waals surface area contributed by atoms with Gasteiger partial charge in [0.25, 0.3) is 5.56 Å². The molecule has 0 fully saturated rings. The lowest BCUT2D eigenvalue weighted by molar-refractivity contribution is -0.117. The Morgan fingerprint density at radius 1 is 1.27 bits per heavy atom. The molecule has 0 unspecified atom stereocenters. The summed E-state index contributed by atoms with van der Waals surface area (Å²) in [4.78, 5) is 36.5. The summed E-state index contributed by atoms with van der Waals surface area (Å²) < 4.78 is 0. The van der Waals surface area contributed by atoms with Gasteiger partial charge in [0.2, 0.25) is 5.91 Å². The number of nitrogens with one attached hydrogen (secondary N) is 2. The average Bonchev–Trinajstić information content (AvgIpc) is 2.98. The van der Waals surface area contributed by atoms with Crippen molar-refractivity contribution in [3.8, 4) is 0 Å². The number of carbonyl (C=O) groups is 1. The van der Waals surface area contributed by atoms with E-state index in [2.05, 4.69) is 36.1 Å². The molecule has 7 heteroatoms. The maximum absolute atomic E-state index is 12.8. The Kier molecular flexibility index (Phi) is 7.05. The fourth-order valence-electron chi connectivity index (χ4n) is 3.43. The van der Waals surface area contributed by atoms with Gasteiger partial charge in [-0.2, -0.15) is 0 Å². The van der Waals surface area contributed by atoms with Crippen molar-refractivity contribution in [2.24, 2.45) is 5.92 Å². The largest absolute Gasteiger partial charge is 0.325 e. The molecule has 0 spiro atoms. The molecule has 2 aromatic heterocycles. The van der Waals surface area contributed by atoms with Crippen LogP contribution in [0.1, 0.15) is 42.1 Å². The summed E-state index contributed by atoms with van der Waals surface area (Å²) in [6.07, 6.45) is 1.97. The number of benzene rings is 1. The normalized spacial score (nSPS) is 12.5. The number of amides is 1. The first-order valence-electron chi connectivity index (χ1n) is 10.3. The van der Waals surface area contributed by atoms with E-state index >= 15 is 0 Å². The van der Waals surface area contributed by atoms with Crippen LogP contribution >= 0.6 is 11.3 Å². The Morgan fingerprint density at radius 2 is 1.97 bits per heavy atom. The predicted molar refractivity (Wildman–Crippen MR) is 124 cm³/mol. The van der Waals surface area contributed by atoms with Crippen LogP contribution in [0.5, 0.6) is 0 Å². The Bertz CT molecular complexity index is 1090. The molecule has 30 heavy (non-hydrogen) atoms. The molecule has 0 radical (unpaired) electrons. The van der Waals surface area contributed by atoms with Crippen LogP contribution in [-0.2, 0) is 17.8 Å². The van der Waals surface area contributed by atoms with Gasteiger partial charge in [0, 0.05) is 10.6 Å². The van der Waals surface area contributed by atoms with E-state index in [9.17, 15) is 9.59 Å². The van der Waals surface area contributed by atoms with Gasteiger partial charge in [0.05, 0.1) is 18.5 Å². The van der Waals surface area contributed by atoms with Crippen LogP contribution in [0.15, 0.2) is 29.1 Å². The van der Waals surface area contributed by atoms with E-state index in [0.717, 1.165) is 44.7 Å². The van der Waals surface area contributed by atoms with Crippen molar-refractivity contribution in [1.82, 2.24) is 14.9 Å². The van der Waals surface area contributed by atoms with Crippen molar-refractivity contribution in [3.05, 3.63) is 56.4 Å². The van der Waals surface area contributed by atoms with E-state index in [-0.39, 0.29) is 18.0 Å². The number of likely N-dealkylation sites (N-methyl/N-ethyl adjacent to an activating group) is 1. The SMILES string of the molecule is CC[C@H](C)Cc1c(C)sc2nc(CN(C)CC(=O)Nc3ccc(C)cc3)[nH]c(=O)c12. The van der Waals surface area contributed by atoms with Gasteiger partial charge in [-0.05, 0) is 50.9 Å². The van der Waals surface area contributed by atoms with Crippen molar-refractivity contribution in [3.63, 3.8) is 0 Å². The van der Waals surface area contributed by atoms with Crippen LogP contribution in [0.3, 0.4) is 0 Å². The zero-order chi connectivity index (χ0) is 21.8. The Hall–Kier alpha value is -2.51. The third-order valence-electron chi connectivity index (χ3n) is 5.33. The first-order valence-corrected chi connectivity index (χ1v) is 11.1. The molecule has 0 aliphatic rings. The highest BCUT2D eigenvalue weighted by atomic mass is 32.1. The van der Waals surface area contributed by atoms with E-state index in [0.29, 0.717) is 18.3 Å². The van der Waals surface area contributed by atoms with Crippen molar-refractivity contribution in [2.75, 3.05) is 18.9 Å². The molecule has 2 N–H and O–H groups in total. The third kappa shape index (κ3) is 5.34. The maximum Gasteiger partial charge on any atom is 0.259 e. The van der Waals surface area contributed by atoms with Gasteiger partial charge in [0.15, 0.2) is 0 Å². The molecule has 6 nitrogen and oxygen atoms in total. The molecule has 0 saturated heterocycles. The van der Waals surface area contributed by atoms with E-state index in [1.165, 1.54) is 0 Å². The van der Waals surface area contributed by atoms with Gasteiger partial charge >= 0.3 is 0 Å². The number of nitrogens with zero attached hydrogens (tertiary/aromatic N) is 2. The van der Waals surface area contributed by atoms with Gasteiger partial charge in [-0.1, -0.05) is 38.0 Å². The van der Waals surface area contributed by atoms with Crippen LogP contribution in [0.4, 0.5) is 5.69 Å². The number of aromatic amines is 1. The van der Waals surface area contributed by atoms with Crippen molar-refractivity contribution >= 4 is 33.1 Å². The minimum Gasteiger partial charge on any atom is -0.325 e. The summed E-state index contributed by atoms with van der Waals surface area (Å²) in [6.45, 7) is 9.04. The molecule has 160 valence electrons. The lowest BCUT2D eigenvalue weighted by Gasteiger charge is -2.16. The summed E-state index contributed by atoms with van der Waals surface area (Å²) in [6, 6.07) is 7.69. The van der Waals surface area contributed by atoms with Crippen molar-refractivity contribution in [1.29, 1.82) is 0 Å². The second kappa shape index (κ2) is 9.53. The summed E-state index contributed by atoms with van der Waals surface area (Å²) in [5.74, 6) is 1.00. The number of hydrogen-bond donors (Lipinski definition) is 2. The van der Waals surface area contributed by atoms with E-state index in [1.807, 2.05) is 43.1 Å². The third-order valence-corrected chi connectivity index (χ3v) is 6.37. The Morgan fingerprint density at radius 3 is 2.63 bits per heavy atom. The Labute approximate surface area is 181 Å². The molecule has 3 aromatic rings. The van der Waals surface area contributed by atoms with Crippen LogP contribution in [0, 0.1) is 19.8 Å². The topological polar surface area (TPSA) is 78.1 Å². The van der Waals surface area contributed by atoms with E-state index < -0.39 is 0 Å². The maximum atomic E-state index is 12.8. The number of carbonyl (C=O) groups excluding carboxylic acids is 1. The van der Waals surface area contributed by atoms with Crippen LogP contribution in [-0.4, -0.2) is 34.4 Å². The molecule has 0 aliphatic carbocycles. The Balaban J connectivity index is 1.70. The first kappa shape index (κ1) is 22.2. The molecule has 2 heterocycles. The highest BCUT2D eigenvalue weighted by Gasteiger charge is 2.17. The minimum absolute atomic E-state index is 0.0878. The number of rotatable bonds is 8. The lowest BCUT2D eigenvalue weighted by atomic mass is 9.98. The highest BCUT2D eigenvalue weighted by Crippen LogP contribution is 2.29. The monoisotopic (exact) mass is 426 g/mol. The number of thiophene rings is 1. The minimum atomic E-state index is -0.104. The van der Waals surface area contributed by atoms with Gasteiger partial charge in [0.1, 0.15) is 10.7 Å². The van der Waals surface area contributed by atoms with Crippen LogP contribution < -0.4 is 10.9 Å². The molecule has 0 bridgehead atoms. The number of hydrogen-bond acceptors (Lipinski definition) is 5. The zero-order valence-corrected chi connectivity index (χ0v) is 19.2. The first-order chi connectivity index (χ1) is 14.3. The molecule has 1 aromatic carbocycles. The van der Waals surface area contributed by atoms with Gasteiger partial charge in [-0.25, -0.2) is 4.98 Å². The standard InChI is InChI=1S/C23H30N4O2S/c1-6-14(2)11-18-16(4)30-23-21(18)22(29)25-19(26-23)12-27(5)13-20(28)24-17-9-7-15(3)8-10-17/h7-10,14H,6,11-13H2,1-5H3,(H,24,28)(H,25,26,29)/t14-/m0/s1. The number of aryl methyl sites for hydroxylation is 2.